The average Bonchev–Trinajstić information content (AvgIpc) is 2.71. The van der Waals surface area contributed by atoms with Crippen molar-refractivity contribution in [2.75, 3.05) is 29.7 Å². The highest BCUT2D eigenvalue weighted by atomic mass is 15.4. The van der Waals surface area contributed by atoms with Crippen LogP contribution in [-0.4, -0.2) is 35.1 Å². The van der Waals surface area contributed by atoms with Gasteiger partial charge in [0.1, 0.15) is 0 Å². The van der Waals surface area contributed by atoms with E-state index in [2.05, 4.69) is 53.4 Å². The van der Waals surface area contributed by atoms with Gasteiger partial charge in [0.15, 0.2) is 0 Å². The molecule has 106 valence electrons. The average molecular weight is 265 g/mol. The Morgan fingerprint density at radius 3 is 1.95 bits per heavy atom. The highest BCUT2D eigenvalue weighted by Gasteiger charge is 2.65. The lowest BCUT2D eigenvalue weighted by Crippen LogP contribution is -2.20. The summed E-state index contributed by atoms with van der Waals surface area (Å²) in [5, 5.41) is 3.38. The van der Waals surface area contributed by atoms with Gasteiger partial charge in [-0.1, -0.05) is 27.7 Å². The van der Waals surface area contributed by atoms with Crippen LogP contribution >= 0.6 is 0 Å². The Balaban J connectivity index is 2.24. The van der Waals surface area contributed by atoms with Crippen molar-refractivity contribution >= 4 is 17.8 Å². The molecule has 0 aliphatic heterocycles. The Kier molecular flexibility index (Phi) is 3.04. The van der Waals surface area contributed by atoms with Crippen LogP contribution < -0.4 is 21.5 Å². The van der Waals surface area contributed by atoms with Gasteiger partial charge in [0.2, 0.25) is 17.8 Å². The van der Waals surface area contributed by atoms with Crippen molar-refractivity contribution in [3.63, 3.8) is 0 Å². The van der Waals surface area contributed by atoms with Crippen LogP contribution in [0.5, 0.6) is 0 Å². The fourth-order valence-electron chi connectivity index (χ4n) is 2.38. The summed E-state index contributed by atoms with van der Waals surface area (Å²) in [6.45, 7) is 8.95. The van der Waals surface area contributed by atoms with E-state index in [4.69, 9.17) is 5.84 Å². The molecule has 2 rings (SSSR count). The van der Waals surface area contributed by atoms with Gasteiger partial charge < -0.3 is 10.2 Å². The zero-order valence-electron chi connectivity index (χ0n) is 12.4. The number of nitrogen functional groups attached to an aromatic ring is 1. The smallest absolute Gasteiger partial charge is 0.243 e. The van der Waals surface area contributed by atoms with Crippen LogP contribution in [0.2, 0.25) is 0 Å². The molecule has 0 bridgehead atoms. The molecular weight excluding hydrogens is 242 g/mol. The van der Waals surface area contributed by atoms with Gasteiger partial charge in [0.05, 0.1) is 0 Å². The zero-order chi connectivity index (χ0) is 14.4. The molecule has 1 fully saturated rings. The molecule has 1 saturated carbocycles. The highest BCUT2D eigenvalue weighted by Crippen LogP contribution is 2.63. The van der Waals surface area contributed by atoms with Crippen molar-refractivity contribution in [3.8, 4) is 0 Å². The first kappa shape index (κ1) is 13.8. The third kappa shape index (κ3) is 2.18. The maximum absolute atomic E-state index is 5.39. The van der Waals surface area contributed by atoms with Gasteiger partial charge >= 0.3 is 0 Å². The maximum atomic E-state index is 5.39. The Labute approximate surface area is 114 Å². The number of nitrogens with zero attached hydrogens (tertiary/aromatic N) is 4. The molecular formula is C12H23N7. The third-order valence-corrected chi connectivity index (χ3v) is 4.45. The lowest BCUT2D eigenvalue weighted by atomic mass is 10.0. The molecule has 0 atom stereocenters. The lowest BCUT2D eigenvalue weighted by Gasteiger charge is -2.13. The van der Waals surface area contributed by atoms with Gasteiger partial charge in [-0.25, -0.2) is 5.84 Å². The number of hydrogen-bond donors (Lipinski definition) is 3. The topological polar surface area (TPSA) is 92.0 Å². The molecule has 0 unspecified atom stereocenters. The summed E-state index contributed by atoms with van der Waals surface area (Å²) < 4.78 is 0. The summed E-state index contributed by atoms with van der Waals surface area (Å²) in [6.07, 6.45) is 0. The fraction of sp³-hybridized carbons (Fsp3) is 0.750. The van der Waals surface area contributed by atoms with Crippen LogP contribution in [0.1, 0.15) is 27.7 Å². The van der Waals surface area contributed by atoms with Crippen LogP contribution in [0.3, 0.4) is 0 Å². The third-order valence-electron chi connectivity index (χ3n) is 4.45. The molecule has 0 radical (unpaired) electrons. The van der Waals surface area contributed by atoms with Crippen molar-refractivity contribution in [2.45, 2.75) is 33.7 Å². The Morgan fingerprint density at radius 1 is 1.00 bits per heavy atom. The summed E-state index contributed by atoms with van der Waals surface area (Å²) in [4.78, 5) is 14.6. The monoisotopic (exact) mass is 265 g/mol. The summed E-state index contributed by atoms with van der Waals surface area (Å²) >= 11 is 0. The SMILES string of the molecule is CN(C)c1nc(NN)nc(NC2C(C)(C)C2(C)C)n1. The second-order valence-corrected chi connectivity index (χ2v) is 6.34. The zero-order valence-corrected chi connectivity index (χ0v) is 12.4. The first-order valence-corrected chi connectivity index (χ1v) is 6.36. The summed E-state index contributed by atoms with van der Waals surface area (Å²) in [6, 6.07) is 0.336. The standard InChI is InChI=1S/C12H23N7/c1-11(2)7(12(11,3)4)14-8-15-9(18-13)17-10(16-8)19(5)6/h7H,13H2,1-6H3,(H2,14,15,16,17,18). The molecule has 1 aromatic rings. The quantitative estimate of drug-likeness (QED) is 0.554. The normalized spacial score (nSPS) is 19.9. The largest absolute Gasteiger partial charge is 0.350 e. The molecule has 1 heterocycles. The van der Waals surface area contributed by atoms with Crippen LogP contribution in [0.4, 0.5) is 17.8 Å². The molecule has 7 nitrogen and oxygen atoms in total. The van der Waals surface area contributed by atoms with E-state index in [-0.39, 0.29) is 10.8 Å². The summed E-state index contributed by atoms with van der Waals surface area (Å²) in [5.74, 6) is 6.87. The maximum Gasteiger partial charge on any atom is 0.243 e. The molecule has 1 aliphatic carbocycles. The number of hydrogen-bond acceptors (Lipinski definition) is 7. The molecule has 4 N–H and O–H groups in total. The van der Waals surface area contributed by atoms with Gasteiger partial charge in [-0.05, 0) is 10.8 Å². The minimum Gasteiger partial charge on any atom is -0.350 e. The van der Waals surface area contributed by atoms with Crippen LogP contribution in [0.25, 0.3) is 0 Å². The second kappa shape index (κ2) is 4.19. The number of nitrogens with one attached hydrogen (secondary N) is 2. The second-order valence-electron chi connectivity index (χ2n) is 6.34. The molecule has 0 spiro atoms. The van der Waals surface area contributed by atoms with E-state index >= 15 is 0 Å². The summed E-state index contributed by atoms with van der Waals surface area (Å²) in [7, 11) is 3.76. The molecule has 0 saturated heterocycles. The molecule has 0 aromatic carbocycles. The van der Waals surface area contributed by atoms with Crippen LogP contribution in [0.15, 0.2) is 0 Å². The van der Waals surface area contributed by atoms with Crippen LogP contribution in [0, 0.1) is 10.8 Å². The molecule has 7 heteroatoms. The van der Waals surface area contributed by atoms with E-state index in [0.29, 0.717) is 23.9 Å². The van der Waals surface area contributed by atoms with Gasteiger partial charge in [-0.2, -0.15) is 15.0 Å². The molecule has 19 heavy (non-hydrogen) atoms. The molecule has 1 aromatic heterocycles. The minimum atomic E-state index is 0.216. The van der Waals surface area contributed by atoms with Crippen molar-refractivity contribution in [1.82, 2.24) is 15.0 Å². The van der Waals surface area contributed by atoms with Crippen molar-refractivity contribution in [1.29, 1.82) is 0 Å². The lowest BCUT2D eigenvalue weighted by molar-refractivity contribution is 0.457. The van der Waals surface area contributed by atoms with E-state index in [9.17, 15) is 0 Å². The molecule has 0 amide bonds. The van der Waals surface area contributed by atoms with Gasteiger partial charge in [-0.15, -0.1) is 0 Å². The number of nitrogens with two attached hydrogens (primary N) is 1. The van der Waals surface area contributed by atoms with Crippen LogP contribution in [-0.2, 0) is 0 Å². The van der Waals surface area contributed by atoms with E-state index < -0.39 is 0 Å². The summed E-state index contributed by atoms with van der Waals surface area (Å²) in [5.41, 5.74) is 2.90. The van der Waals surface area contributed by atoms with Gasteiger partial charge in [0.25, 0.3) is 0 Å². The van der Waals surface area contributed by atoms with E-state index in [1.54, 1.807) is 0 Å². The predicted octanol–water partition coefficient (Wildman–Crippen LogP) is 1.07. The first-order valence-electron chi connectivity index (χ1n) is 6.36. The van der Waals surface area contributed by atoms with E-state index in [1.807, 2.05) is 19.0 Å². The van der Waals surface area contributed by atoms with E-state index in [1.165, 1.54) is 0 Å². The predicted molar refractivity (Wildman–Crippen MR) is 76.9 cm³/mol. The highest BCUT2D eigenvalue weighted by molar-refractivity contribution is 5.45. The fourth-order valence-corrected chi connectivity index (χ4v) is 2.38. The first-order chi connectivity index (χ1) is 8.70. The minimum absolute atomic E-state index is 0.216. The number of aromatic nitrogens is 3. The molecule has 1 aliphatic rings. The van der Waals surface area contributed by atoms with Crippen molar-refractivity contribution < 1.29 is 0 Å². The van der Waals surface area contributed by atoms with Gasteiger partial charge in [0, 0.05) is 20.1 Å². The number of anilines is 3. The van der Waals surface area contributed by atoms with Gasteiger partial charge in [-0.3, -0.25) is 5.43 Å². The van der Waals surface area contributed by atoms with Crippen molar-refractivity contribution in [3.05, 3.63) is 0 Å². The van der Waals surface area contributed by atoms with E-state index in [0.717, 1.165) is 0 Å². The Morgan fingerprint density at radius 2 is 1.53 bits per heavy atom. The Hall–Kier alpha value is -1.63. The number of rotatable bonds is 4. The number of hydrazine groups is 1. The van der Waals surface area contributed by atoms with Crippen molar-refractivity contribution in [2.24, 2.45) is 16.7 Å². The Bertz CT molecular complexity index is 467.